The number of carbonyl (C=O) groups is 1. The molecule has 1 aromatic carbocycles. The van der Waals surface area contributed by atoms with Gasteiger partial charge in [0.25, 0.3) is 5.91 Å². The second-order valence-electron chi connectivity index (χ2n) is 6.94. The molecule has 1 aromatic heterocycles. The summed E-state index contributed by atoms with van der Waals surface area (Å²) in [5, 5.41) is 12.5. The molecule has 5 nitrogen and oxygen atoms in total. The summed E-state index contributed by atoms with van der Waals surface area (Å²) in [4.78, 5) is 12.5. The highest BCUT2D eigenvalue weighted by Gasteiger charge is 2.16. The first-order valence-electron chi connectivity index (χ1n) is 8.96. The van der Waals surface area contributed by atoms with E-state index in [2.05, 4.69) is 54.4 Å². The van der Waals surface area contributed by atoms with Gasteiger partial charge >= 0.3 is 0 Å². The van der Waals surface area contributed by atoms with Crippen molar-refractivity contribution in [1.29, 1.82) is 0 Å². The Hall–Kier alpha value is -2.08. The first-order chi connectivity index (χ1) is 12.4. The minimum Gasteiger partial charge on any atom is -0.352 e. The second-order valence-corrected chi connectivity index (χ2v) is 7.89. The molecule has 1 heterocycles. The van der Waals surface area contributed by atoms with Crippen molar-refractivity contribution >= 4 is 17.7 Å². The van der Waals surface area contributed by atoms with Crippen LogP contribution in [0.15, 0.2) is 42.1 Å². The Bertz CT molecular complexity index is 752. The number of rotatable bonds is 9. The fourth-order valence-electron chi connectivity index (χ4n) is 2.54. The van der Waals surface area contributed by atoms with E-state index in [1.54, 1.807) is 11.8 Å². The Labute approximate surface area is 160 Å². The van der Waals surface area contributed by atoms with Gasteiger partial charge in [-0.1, -0.05) is 63.7 Å². The Balaban J connectivity index is 2.15. The number of nitrogens with one attached hydrogen (secondary N) is 1. The van der Waals surface area contributed by atoms with E-state index >= 15 is 0 Å². The maximum absolute atomic E-state index is 12.5. The number of carbonyl (C=O) groups excluding carboxylic acids is 1. The van der Waals surface area contributed by atoms with Gasteiger partial charge in [0.1, 0.15) is 5.82 Å². The molecular formula is C20H28N4OS. The summed E-state index contributed by atoms with van der Waals surface area (Å²) in [6, 6.07) is 7.73. The van der Waals surface area contributed by atoms with E-state index in [0.29, 0.717) is 30.7 Å². The van der Waals surface area contributed by atoms with E-state index in [0.717, 1.165) is 22.1 Å². The van der Waals surface area contributed by atoms with Crippen LogP contribution in [0.4, 0.5) is 0 Å². The maximum Gasteiger partial charge on any atom is 0.251 e. The highest BCUT2D eigenvalue weighted by molar-refractivity contribution is 7.98. The molecule has 0 atom stereocenters. The highest BCUT2D eigenvalue weighted by Crippen LogP contribution is 2.26. The van der Waals surface area contributed by atoms with Crippen LogP contribution >= 0.6 is 11.8 Å². The van der Waals surface area contributed by atoms with E-state index < -0.39 is 0 Å². The minimum absolute atomic E-state index is 0.0228. The lowest BCUT2D eigenvalue weighted by Crippen LogP contribution is -2.28. The summed E-state index contributed by atoms with van der Waals surface area (Å²) < 4.78 is 2.09. The summed E-state index contributed by atoms with van der Waals surface area (Å²) in [6.45, 7) is 13.6. The SMILES string of the molecule is C=CCn1c(SCc2ccccc2C(=O)NCC(C)C)nnc1C(C)C. The van der Waals surface area contributed by atoms with E-state index in [1.165, 1.54) is 0 Å². The first kappa shape index (κ1) is 20.2. The van der Waals surface area contributed by atoms with E-state index in [1.807, 2.05) is 30.3 Å². The van der Waals surface area contributed by atoms with Gasteiger partial charge in [-0.3, -0.25) is 4.79 Å². The number of allylic oxidation sites excluding steroid dienone is 1. The van der Waals surface area contributed by atoms with Crippen molar-refractivity contribution in [3.8, 4) is 0 Å². The number of benzene rings is 1. The van der Waals surface area contributed by atoms with Gasteiger partial charge in [-0.25, -0.2) is 0 Å². The lowest BCUT2D eigenvalue weighted by molar-refractivity contribution is 0.0948. The van der Waals surface area contributed by atoms with Crippen molar-refractivity contribution in [3.05, 3.63) is 53.9 Å². The smallest absolute Gasteiger partial charge is 0.251 e. The summed E-state index contributed by atoms with van der Waals surface area (Å²) in [5.74, 6) is 2.32. The van der Waals surface area contributed by atoms with Crippen molar-refractivity contribution < 1.29 is 4.79 Å². The van der Waals surface area contributed by atoms with Crippen LogP contribution in [0.25, 0.3) is 0 Å². The van der Waals surface area contributed by atoms with E-state index in [9.17, 15) is 4.79 Å². The number of hydrogen-bond donors (Lipinski definition) is 1. The van der Waals surface area contributed by atoms with Gasteiger partial charge in [0.05, 0.1) is 0 Å². The third-order valence-corrected chi connectivity index (χ3v) is 4.88. The topological polar surface area (TPSA) is 59.8 Å². The van der Waals surface area contributed by atoms with Crippen LogP contribution in [-0.2, 0) is 12.3 Å². The monoisotopic (exact) mass is 372 g/mol. The molecule has 0 saturated carbocycles. The molecule has 2 rings (SSSR count). The molecular weight excluding hydrogens is 344 g/mol. The number of aromatic nitrogens is 3. The molecule has 0 bridgehead atoms. The molecule has 0 aliphatic heterocycles. The molecule has 6 heteroatoms. The zero-order valence-electron chi connectivity index (χ0n) is 16.0. The van der Waals surface area contributed by atoms with Crippen LogP contribution in [0.1, 0.15) is 55.4 Å². The molecule has 0 spiro atoms. The molecule has 1 N–H and O–H groups in total. The van der Waals surface area contributed by atoms with Gasteiger partial charge in [-0.05, 0) is 17.5 Å². The van der Waals surface area contributed by atoms with Crippen molar-refractivity contribution in [3.63, 3.8) is 0 Å². The molecule has 140 valence electrons. The fraction of sp³-hybridized carbons (Fsp3) is 0.450. The lowest BCUT2D eigenvalue weighted by Gasteiger charge is -2.12. The second kappa shape index (κ2) is 9.57. The van der Waals surface area contributed by atoms with Gasteiger partial charge in [-0.15, -0.1) is 16.8 Å². The Morgan fingerprint density at radius 3 is 2.65 bits per heavy atom. The van der Waals surface area contributed by atoms with Crippen LogP contribution in [0.2, 0.25) is 0 Å². The molecule has 0 aliphatic rings. The summed E-state index contributed by atoms with van der Waals surface area (Å²) >= 11 is 1.60. The Morgan fingerprint density at radius 1 is 1.27 bits per heavy atom. The minimum atomic E-state index is -0.0228. The van der Waals surface area contributed by atoms with Crippen LogP contribution in [0.5, 0.6) is 0 Å². The average Bonchev–Trinajstić information content (AvgIpc) is 3.01. The van der Waals surface area contributed by atoms with Crippen LogP contribution in [0, 0.1) is 5.92 Å². The zero-order chi connectivity index (χ0) is 19.1. The van der Waals surface area contributed by atoms with Gasteiger partial charge in [0.2, 0.25) is 0 Å². The van der Waals surface area contributed by atoms with Crippen LogP contribution in [0.3, 0.4) is 0 Å². The predicted octanol–water partition coefficient (Wildman–Crippen LogP) is 4.27. The molecule has 0 radical (unpaired) electrons. The quantitative estimate of drug-likeness (QED) is 0.528. The average molecular weight is 373 g/mol. The molecule has 0 saturated heterocycles. The first-order valence-corrected chi connectivity index (χ1v) is 9.95. The van der Waals surface area contributed by atoms with Crippen molar-refractivity contribution in [1.82, 2.24) is 20.1 Å². The zero-order valence-corrected chi connectivity index (χ0v) is 16.8. The maximum atomic E-state index is 12.5. The molecule has 1 amide bonds. The number of hydrogen-bond acceptors (Lipinski definition) is 4. The third kappa shape index (κ3) is 5.21. The molecule has 0 fully saturated rings. The Kier molecular flexibility index (Phi) is 7.45. The lowest BCUT2D eigenvalue weighted by atomic mass is 10.1. The normalized spacial score (nSPS) is 11.2. The molecule has 26 heavy (non-hydrogen) atoms. The summed E-state index contributed by atoms with van der Waals surface area (Å²) in [7, 11) is 0. The highest BCUT2D eigenvalue weighted by atomic mass is 32.2. The fourth-order valence-corrected chi connectivity index (χ4v) is 3.50. The molecule has 0 unspecified atom stereocenters. The van der Waals surface area contributed by atoms with Gasteiger partial charge in [0.15, 0.2) is 5.16 Å². The van der Waals surface area contributed by atoms with Gasteiger partial charge in [-0.2, -0.15) is 0 Å². The van der Waals surface area contributed by atoms with Crippen molar-refractivity contribution in [2.24, 2.45) is 5.92 Å². The molecule has 2 aromatic rings. The van der Waals surface area contributed by atoms with Gasteiger partial charge in [0, 0.05) is 30.3 Å². The van der Waals surface area contributed by atoms with Crippen LogP contribution < -0.4 is 5.32 Å². The number of amides is 1. The third-order valence-electron chi connectivity index (χ3n) is 3.86. The van der Waals surface area contributed by atoms with Gasteiger partial charge < -0.3 is 9.88 Å². The summed E-state index contributed by atoms with van der Waals surface area (Å²) in [5.41, 5.74) is 1.72. The predicted molar refractivity (Wildman–Crippen MR) is 107 cm³/mol. The largest absolute Gasteiger partial charge is 0.352 e. The van der Waals surface area contributed by atoms with Crippen molar-refractivity contribution in [2.45, 2.75) is 51.1 Å². The van der Waals surface area contributed by atoms with Crippen molar-refractivity contribution in [2.75, 3.05) is 6.54 Å². The van der Waals surface area contributed by atoms with E-state index in [-0.39, 0.29) is 5.91 Å². The molecule has 0 aliphatic carbocycles. The number of thioether (sulfide) groups is 1. The van der Waals surface area contributed by atoms with Crippen LogP contribution in [-0.4, -0.2) is 27.2 Å². The number of nitrogens with zero attached hydrogens (tertiary/aromatic N) is 3. The summed E-state index contributed by atoms with van der Waals surface area (Å²) in [6.07, 6.45) is 1.85. The van der Waals surface area contributed by atoms with E-state index in [4.69, 9.17) is 0 Å². The standard InChI is InChI=1S/C20H28N4OS/c1-6-11-24-18(15(4)5)22-23-20(24)26-13-16-9-7-8-10-17(16)19(25)21-12-14(2)3/h6-10,14-15H,1,11-13H2,2-5H3,(H,21,25). The Morgan fingerprint density at radius 2 is 2.00 bits per heavy atom.